The molecule has 0 aliphatic carbocycles. The molecule has 2 heterocycles. The van der Waals surface area contributed by atoms with Crippen LogP contribution in [-0.4, -0.2) is 48.8 Å². The van der Waals surface area contributed by atoms with Gasteiger partial charge in [0.1, 0.15) is 0 Å². The third-order valence-corrected chi connectivity index (χ3v) is 4.88. The fourth-order valence-electron chi connectivity index (χ4n) is 3.59. The number of hydrogen-bond acceptors (Lipinski definition) is 4. The summed E-state index contributed by atoms with van der Waals surface area (Å²) in [6.07, 6.45) is 2.97. The van der Waals surface area contributed by atoms with E-state index in [9.17, 15) is 4.79 Å². The van der Waals surface area contributed by atoms with Gasteiger partial charge in [-0.05, 0) is 31.0 Å². The van der Waals surface area contributed by atoms with E-state index in [1.54, 1.807) is 12.1 Å². The van der Waals surface area contributed by atoms with Crippen molar-refractivity contribution >= 4 is 5.91 Å². The molecule has 3 rings (SSSR count). The number of nitrogens with zero attached hydrogens (tertiary/aromatic N) is 2. The molecule has 1 aromatic rings. The topological polar surface area (TPSA) is 62.6 Å². The molecule has 0 N–H and O–H groups in total. The second-order valence-corrected chi connectivity index (χ2v) is 6.81. The van der Waals surface area contributed by atoms with Crippen molar-refractivity contribution in [2.45, 2.75) is 44.3 Å². The van der Waals surface area contributed by atoms with E-state index in [2.05, 4.69) is 6.07 Å². The Kier molecular flexibility index (Phi) is 5.17. The van der Waals surface area contributed by atoms with Gasteiger partial charge in [-0.1, -0.05) is 12.1 Å². The van der Waals surface area contributed by atoms with E-state index in [1.807, 2.05) is 24.0 Å². The van der Waals surface area contributed by atoms with Gasteiger partial charge in [-0.25, -0.2) is 0 Å². The minimum Gasteiger partial charge on any atom is -0.381 e. The van der Waals surface area contributed by atoms with Gasteiger partial charge >= 0.3 is 0 Å². The third kappa shape index (κ3) is 3.95. The minimum absolute atomic E-state index is 0.0655. The number of morpholine rings is 1. The lowest BCUT2D eigenvalue weighted by Crippen LogP contribution is -2.58. The van der Waals surface area contributed by atoms with Gasteiger partial charge in [0, 0.05) is 45.6 Å². The Labute approximate surface area is 143 Å². The number of carbonyl (C=O) groups is 1. The van der Waals surface area contributed by atoms with Crippen LogP contribution in [0.4, 0.5) is 0 Å². The second-order valence-electron chi connectivity index (χ2n) is 6.81. The Hall–Kier alpha value is -1.90. The number of rotatable bonds is 3. The van der Waals surface area contributed by atoms with Crippen LogP contribution in [0.3, 0.4) is 0 Å². The van der Waals surface area contributed by atoms with E-state index in [0.29, 0.717) is 44.7 Å². The van der Waals surface area contributed by atoms with E-state index in [-0.39, 0.29) is 17.6 Å². The summed E-state index contributed by atoms with van der Waals surface area (Å²) < 4.78 is 11.6. The largest absolute Gasteiger partial charge is 0.381 e. The highest BCUT2D eigenvalue weighted by Crippen LogP contribution is 2.31. The summed E-state index contributed by atoms with van der Waals surface area (Å²) in [5, 5.41) is 8.83. The monoisotopic (exact) mass is 328 g/mol. The fraction of sp³-hybridized carbons (Fsp3) is 0.579. The first-order chi connectivity index (χ1) is 11.6. The summed E-state index contributed by atoms with van der Waals surface area (Å²) in [5.74, 6) is 0.181. The Bertz CT molecular complexity index is 614. The first kappa shape index (κ1) is 16.9. The van der Waals surface area contributed by atoms with Crippen LogP contribution < -0.4 is 0 Å². The normalized spacial score (nSPS) is 23.0. The van der Waals surface area contributed by atoms with Crippen molar-refractivity contribution in [1.29, 1.82) is 5.26 Å². The molecule has 1 aromatic carbocycles. The van der Waals surface area contributed by atoms with E-state index in [0.717, 1.165) is 18.4 Å². The number of carbonyl (C=O) groups excluding carboxylic acids is 1. The maximum atomic E-state index is 12.7. The van der Waals surface area contributed by atoms with Crippen LogP contribution in [0, 0.1) is 11.3 Å². The quantitative estimate of drug-likeness (QED) is 0.854. The van der Waals surface area contributed by atoms with Gasteiger partial charge in [0.2, 0.25) is 5.91 Å². The highest BCUT2D eigenvalue weighted by Gasteiger charge is 2.41. The molecule has 5 nitrogen and oxygen atoms in total. The average Bonchev–Trinajstić information content (AvgIpc) is 2.60. The van der Waals surface area contributed by atoms with Gasteiger partial charge in [-0.3, -0.25) is 4.79 Å². The Morgan fingerprint density at radius 1 is 1.33 bits per heavy atom. The first-order valence-electron chi connectivity index (χ1n) is 8.63. The van der Waals surface area contributed by atoms with Gasteiger partial charge in [0.25, 0.3) is 0 Å². The Morgan fingerprint density at radius 3 is 2.71 bits per heavy atom. The number of amides is 1. The van der Waals surface area contributed by atoms with Gasteiger partial charge in [0.05, 0.1) is 23.3 Å². The maximum absolute atomic E-state index is 12.7. The Balaban J connectivity index is 1.58. The summed E-state index contributed by atoms with van der Waals surface area (Å²) >= 11 is 0. The molecule has 24 heavy (non-hydrogen) atoms. The summed E-state index contributed by atoms with van der Waals surface area (Å²) in [7, 11) is 0. The lowest BCUT2D eigenvalue weighted by Gasteiger charge is -2.47. The summed E-state index contributed by atoms with van der Waals surface area (Å²) in [5.41, 5.74) is 1.51. The van der Waals surface area contributed by atoms with E-state index in [1.165, 1.54) is 0 Å². The number of nitriles is 1. The third-order valence-electron chi connectivity index (χ3n) is 4.88. The molecule has 1 spiro atoms. The maximum Gasteiger partial charge on any atom is 0.223 e. The van der Waals surface area contributed by atoms with Gasteiger partial charge in [-0.2, -0.15) is 5.26 Å². The Morgan fingerprint density at radius 2 is 2.04 bits per heavy atom. The molecule has 2 aliphatic heterocycles. The van der Waals surface area contributed by atoms with Crippen LogP contribution in [0.25, 0.3) is 0 Å². The molecule has 1 unspecified atom stereocenters. The smallest absolute Gasteiger partial charge is 0.223 e. The molecule has 0 radical (unpaired) electrons. The fourth-order valence-corrected chi connectivity index (χ4v) is 3.59. The van der Waals surface area contributed by atoms with Crippen molar-refractivity contribution in [3.05, 3.63) is 35.4 Å². The molecular weight excluding hydrogens is 304 g/mol. The number of aryl methyl sites for hydroxylation is 1. The zero-order valence-electron chi connectivity index (χ0n) is 14.2. The standard InChI is InChI=1S/C19H24N2O3/c1-15-13-21(14-19(24-15)8-10-23-11-9-19)18(22)7-6-16-2-4-17(12-20)5-3-16/h2-5,15H,6-11,13-14H2,1H3. The highest BCUT2D eigenvalue weighted by molar-refractivity contribution is 5.76. The van der Waals surface area contributed by atoms with Crippen molar-refractivity contribution in [3.63, 3.8) is 0 Å². The molecule has 0 saturated carbocycles. The minimum atomic E-state index is -0.222. The number of ether oxygens (including phenoxy) is 2. The van der Waals surface area contributed by atoms with E-state index >= 15 is 0 Å². The van der Waals surface area contributed by atoms with Gasteiger partial charge < -0.3 is 14.4 Å². The van der Waals surface area contributed by atoms with Crippen LogP contribution in [0.5, 0.6) is 0 Å². The zero-order chi connectivity index (χ0) is 17.0. The van der Waals surface area contributed by atoms with Crippen molar-refractivity contribution in [3.8, 4) is 6.07 Å². The molecular formula is C19H24N2O3. The SMILES string of the molecule is CC1CN(C(=O)CCc2ccc(C#N)cc2)CC2(CCOCC2)O1. The lowest BCUT2D eigenvalue weighted by atomic mass is 9.91. The van der Waals surface area contributed by atoms with Crippen molar-refractivity contribution in [1.82, 2.24) is 4.90 Å². The van der Waals surface area contributed by atoms with Crippen molar-refractivity contribution < 1.29 is 14.3 Å². The van der Waals surface area contributed by atoms with Gasteiger partial charge in [-0.15, -0.1) is 0 Å². The summed E-state index contributed by atoms with van der Waals surface area (Å²) in [6.45, 7) is 4.79. The van der Waals surface area contributed by atoms with Crippen LogP contribution in [-0.2, 0) is 20.7 Å². The lowest BCUT2D eigenvalue weighted by molar-refractivity contribution is -0.189. The molecule has 1 amide bonds. The van der Waals surface area contributed by atoms with E-state index < -0.39 is 0 Å². The molecule has 0 aromatic heterocycles. The molecule has 2 saturated heterocycles. The van der Waals surface area contributed by atoms with Crippen LogP contribution in [0.1, 0.15) is 37.3 Å². The van der Waals surface area contributed by atoms with Crippen molar-refractivity contribution in [2.75, 3.05) is 26.3 Å². The van der Waals surface area contributed by atoms with E-state index in [4.69, 9.17) is 14.7 Å². The zero-order valence-corrected chi connectivity index (χ0v) is 14.2. The molecule has 128 valence electrons. The van der Waals surface area contributed by atoms with Crippen molar-refractivity contribution in [2.24, 2.45) is 0 Å². The van der Waals surface area contributed by atoms with Gasteiger partial charge in [0.15, 0.2) is 0 Å². The van der Waals surface area contributed by atoms with Crippen LogP contribution >= 0.6 is 0 Å². The molecule has 5 heteroatoms. The summed E-state index contributed by atoms with van der Waals surface area (Å²) in [6, 6.07) is 9.56. The number of hydrogen-bond donors (Lipinski definition) is 0. The predicted molar refractivity (Wildman–Crippen MR) is 89.4 cm³/mol. The average molecular weight is 328 g/mol. The highest BCUT2D eigenvalue weighted by atomic mass is 16.5. The summed E-state index contributed by atoms with van der Waals surface area (Å²) in [4.78, 5) is 14.6. The molecule has 2 fully saturated rings. The molecule has 0 bridgehead atoms. The predicted octanol–water partition coefficient (Wildman–Crippen LogP) is 2.29. The van der Waals surface area contributed by atoms with Crippen LogP contribution in [0.15, 0.2) is 24.3 Å². The van der Waals surface area contributed by atoms with Crippen LogP contribution in [0.2, 0.25) is 0 Å². The number of benzene rings is 1. The molecule has 1 atom stereocenters. The first-order valence-corrected chi connectivity index (χ1v) is 8.63. The second kappa shape index (κ2) is 7.33. The molecule has 2 aliphatic rings.